The zero-order valence-electron chi connectivity index (χ0n) is 20.8. The SMILES string of the molecule is C[C@@H](C(=O)Nc1ncc(Oc2cccc(F)c2)s1)N1CCC=C(c2ccc(OCc3ccccc3)nc2)C1. The second-order valence-corrected chi connectivity index (χ2v) is 9.85. The summed E-state index contributed by atoms with van der Waals surface area (Å²) < 4.78 is 24.8. The number of halogens is 1. The van der Waals surface area contributed by atoms with Gasteiger partial charge in [0.25, 0.3) is 0 Å². The van der Waals surface area contributed by atoms with Crippen molar-refractivity contribution in [3.05, 3.63) is 102 Å². The molecule has 2 aromatic heterocycles. The van der Waals surface area contributed by atoms with E-state index in [2.05, 4.69) is 26.3 Å². The van der Waals surface area contributed by atoms with Gasteiger partial charge in [0.2, 0.25) is 16.9 Å². The summed E-state index contributed by atoms with van der Waals surface area (Å²) in [5.41, 5.74) is 3.22. The number of hydrogen-bond donors (Lipinski definition) is 1. The van der Waals surface area contributed by atoms with E-state index < -0.39 is 0 Å². The van der Waals surface area contributed by atoms with Gasteiger partial charge in [-0.2, -0.15) is 0 Å². The molecule has 0 spiro atoms. The normalized spacial score (nSPS) is 14.4. The van der Waals surface area contributed by atoms with Gasteiger partial charge in [-0.1, -0.05) is 53.8 Å². The fourth-order valence-corrected chi connectivity index (χ4v) is 4.77. The molecule has 5 rings (SSSR count). The topological polar surface area (TPSA) is 76.6 Å². The standard InChI is InChI=1S/C29H27FN4O3S/c1-20(28(35)33-29-32-17-27(38-29)37-25-11-5-10-24(30)15-25)34-14-6-9-23(18-34)22-12-13-26(31-16-22)36-19-21-7-3-2-4-8-21/h2-5,7-13,15-17,20H,6,14,18-19H2,1H3,(H,32,33,35)/t20-/m0/s1. The quantitative estimate of drug-likeness (QED) is 0.279. The molecule has 2 aromatic carbocycles. The Kier molecular flexibility index (Phi) is 8.06. The molecular weight excluding hydrogens is 503 g/mol. The summed E-state index contributed by atoms with van der Waals surface area (Å²) in [5.74, 6) is 0.411. The number of carbonyl (C=O) groups excluding carboxylic acids is 1. The van der Waals surface area contributed by atoms with E-state index in [0.717, 1.165) is 29.7 Å². The van der Waals surface area contributed by atoms with Crippen LogP contribution in [0.25, 0.3) is 5.57 Å². The third-order valence-electron chi connectivity index (χ3n) is 6.17. The highest BCUT2D eigenvalue weighted by atomic mass is 32.1. The number of amides is 1. The van der Waals surface area contributed by atoms with Crippen LogP contribution < -0.4 is 14.8 Å². The number of rotatable bonds is 9. The molecule has 194 valence electrons. The number of benzene rings is 2. The third-order valence-corrected chi connectivity index (χ3v) is 6.96. The van der Waals surface area contributed by atoms with Crippen molar-refractivity contribution < 1.29 is 18.7 Å². The Morgan fingerprint density at radius 1 is 1.11 bits per heavy atom. The Morgan fingerprint density at radius 3 is 2.76 bits per heavy atom. The lowest BCUT2D eigenvalue weighted by molar-refractivity contribution is -0.120. The lowest BCUT2D eigenvalue weighted by atomic mass is 10.0. The van der Waals surface area contributed by atoms with Gasteiger partial charge in [0.1, 0.15) is 18.2 Å². The first-order chi connectivity index (χ1) is 18.5. The van der Waals surface area contributed by atoms with Crippen LogP contribution >= 0.6 is 11.3 Å². The maximum Gasteiger partial charge on any atom is 0.243 e. The van der Waals surface area contributed by atoms with Crippen LogP contribution in [0.5, 0.6) is 16.7 Å². The number of anilines is 1. The molecular formula is C29H27FN4O3S. The molecule has 0 fully saturated rings. The van der Waals surface area contributed by atoms with E-state index in [9.17, 15) is 9.18 Å². The first-order valence-corrected chi connectivity index (χ1v) is 13.1. The average molecular weight is 531 g/mol. The van der Waals surface area contributed by atoms with Crippen LogP contribution in [-0.4, -0.2) is 39.9 Å². The Balaban J connectivity index is 1.14. The van der Waals surface area contributed by atoms with E-state index in [1.54, 1.807) is 12.1 Å². The number of ether oxygens (including phenoxy) is 2. The first kappa shape index (κ1) is 25.6. The summed E-state index contributed by atoms with van der Waals surface area (Å²) in [5, 5.41) is 3.76. The summed E-state index contributed by atoms with van der Waals surface area (Å²) in [7, 11) is 0. The molecule has 0 radical (unpaired) electrons. The van der Waals surface area contributed by atoms with Gasteiger partial charge in [0, 0.05) is 31.4 Å². The van der Waals surface area contributed by atoms with Crippen molar-refractivity contribution in [2.45, 2.75) is 26.0 Å². The summed E-state index contributed by atoms with van der Waals surface area (Å²) in [6.07, 6.45) is 6.36. The molecule has 0 saturated heterocycles. The zero-order chi connectivity index (χ0) is 26.3. The number of nitrogens with one attached hydrogen (secondary N) is 1. The maximum atomic E-state index is 13.4. The lowest BCUT2D eigenvalue weighted by Crippen LogP contribution is -2.44. The highest BCUT2D eigenvalue weighted by Gasteiger charge is 2.25. The van der Waals surface area contributed by atoms with Crippen LogP contribution in [0, 0.1) is 5.82 Å². The van der Waals surface area contributed by atoms with E-state index in [1.165, 1.54) is 29.7 Å². The highest BCUT2D eigenvalue weighted by molar-refractivity contribution is 7.17. The van der Waals surface area contributed by atoms with Crippen molar-refractivity contribution >= 4 is 27.9 Å². The predicted octanol–water partition coefficient (Wildman–Crippen LogP) is 6.16. The van der Waals surface area contributed by atoms with Crippen molar-refractivity contribution in [1.82, 2.24) is 14.9 Å². The minimum absolute atomic E-state index is 0.152. The monoisotopic (exact) mass is 530 g/mol. The molecule has 0 bridgehead atoms. The summed E-state index contributed by atoms with van der Waals surface area (Å²) in [6.45, 7) is 3.75. The molecule has 1 N–H and O–H groups in total. The van der Waals surface area contributed by atoms with E-state index in [0.29, 0.717) is 35.0 Å². The molecule has 7 nitrogen and oxygen atoms in total. The largest absolute Gasteiger partial charge is 0.473 e. The van der Waals surface area contributed by atoms with Crippen molar-refractivity contribution in [2.24, 2.45) is 0 Å². The highest BCUT2D eigenvalue weighted by Crippen LogP contribution is 2.31. The van der Waals surface area contributed by atoms with Crippen molar-refractivity contribution in [1.29, 1.82) is 0 Å². The number of pyridine rings is 1. The number of nitrogens with zero attached hydrogens (tertiary/aromatic N) is 3. The second-order valence-electron chi connectivity index (χ2n) is 8.86. The van der Waals surface area contributed by atoms with Crippen molar-refractivity contribution in [2.75, 3.05) is 18.4 Å². The Labute approximate surface area is 224 Å². The molecule has 0 aliphatic carbocycles. The van der Waals surface area contributed by atoms with E-state index >= 15 is 0 Å². The van der Waals surface area contributed by atoms with Crippen LogP contribution in [0.3, 0.4) is 0 Å². The predicted molar refractivity (Wildman–Crippen MR) is 146 cm³/mol. The van der Waals surface area contributed by atoms with Gasteiger partial charge >= 0.3 is 0 Å². The average Bonchev–Trinajstić information content (AvgIpc) is 3.38. The molecule has 1 aliphatic heterocycles. The number of hydrogen-bond acceptors (Lipinski definition) is 7. The van der Waals surface area contributed by atoms with Gasteiger partial charge in [-0.3, -0.25) is 9.69 Å². The molecule has 38 heavy (non-hydrogen) atoms. The van der Waals surface area contributed by atoms with Crippen LogP contribution in [0.4, 0.5) is 9.52 Å². The van der Waals surface area contributed by atoms with Gasteiger partial charge in [0.15, 0.2) is 5.13 Å². The second kappa shape index (κ2) is 12.0. The van der Waals surface area contributed by atoms with Gasteiger partial charge < -0.3 is 14.8 Å². The van der Waals surface area contributed by atoms with Gasteiger partial charge in [-0.15, -0.1) is 0 Å². The van der Waals surface area contributed by atoms with Gasteiger partial charge in [0.05, 0.1) is 12.2 Å². The summed E-state index contributed by atoms with van der Waals surface area (Å²) in [6, 6.07) is 19.4. The van der Waals surface area contributed by atoms with Gasteiger partial charge in [-0.05, 0) is 48.2 Å². The fourth-order valence-electron chi connectivity index (χ4n) is 4.08. The number of carbonyl (C=O) groups is 1. The number of thiazole rings is 1. The van der Waals surface area contributed by atoms with Crippen LogP contribution in [0.1, 0.15) is 24.5 Å². The molecule has 1 amide bonds. The van der Waals surface area contributed by atoms with Crippen LogP contribution in [-0.2, 0) is 11.4 Å². The van der Waals surface area contributed by atoms with Gasteiger partial charge in [-0.25, -0.2) is 14.4 Å². The van der Waals surface area contributed by atoms with E-state index in [1.807, 2.05) is 55.6 Å². The minimum atomic E-state index is -0.382. The van der Waals surface area contributed by atoms with Crippen LogP contribution in [0.15, 0.2) is 85.2 Å². The molecule has 1 atom stereocenters. The molecule has 4 aromatic rings. The van der Waals surface area contributed by atoms with E-state index in [-0.39, 0.29) is 17.8 Å². The molecule has 0 saturated carbocycles. The molecule has 3 heterocycles. The Bertz CT molecular complexity index is 1410. The summed E-state index contributed by atoms with van der Waals surface area (Å²) in [4.78, 5) is 23.8. The summed E-state index contributed by atoms with van der Waals surface area (Å²) >= 11 is 1.19. The lowest BCUT2D eigenvalue weighted by Gasteiger charge is -2.31. The Morgan fingerprint density at radius 2 is 1.97 bits per heavy atom. The van der Waals surface area contributed by atoms with E-state index in [4.69, 9.17) is 9.47 Å². The first-order valence-electron chi connectivity index (χ1n) is 12.3. The smallest absolute Gasteiger partial charge is 0.243 e. The zero-order valence-corrected chi connectivity index (χ0v) is 21.7. The van der Waals surface area contributed by atoms with Crippen LogP contribution in [0.2, 0.25) is 0 Å². The molecule has 0 unspecified atom stereocenters. The minimum Gasteiger partial charge on any atom is -0.473 e. The fraction of sp³-hybridized carbons (Fsp3) is 0.207. The van der Waals surface area contributed by atoms with Crippen molar-refractivity contribution in [3.8, 4) is 16.7 Å². The molecule has 1 aliphatic rings. The third kappa shape index (κ3) is 6.62. The maximum absolute atomic E-state index is 13.4. The number of aromatic nitrogens is 2. The Hall–Kier alpha value is -4.08. The molecule has 9 heteroatoms. The van der Waals surface area contributed by atoms with Crippen molar-refractivity contribution in [3.63, 3.8) is 0 Å².